The minimum Gasteiger partial charge on any atom is -0.388 e. The highest BCUT2D eigenvalue weighted by molar-refractivity contribution is 4.86. The van der Waals surface area contributed by atoms with E-state index in [0.717, 1.165) is 31.5 Å². The largest absolute Gasteiger partial charge is 0.388 e. The summed E-state index contributed by atoms with van der Waals surface area (Å²) in [6, 6.07) is 0.433. The molecule has 0 bridgehead atoms. The summed E-state index contributed by atoms with van der Waals surface area (Å²) in [4.78, 5) is 2.39. The van der Waals surface area contributed by atoms with Gasteiger partial charge in [0.05, 0.1) is 5.60 Å². The maximum absolute atomic E-state index is 10.3. The number of nitrogens with zero attached hydrogens (tertiary/aromatic N) is 1. The van der Waals surface area contributed by atoms with Crippen molar-refractivity contribution in [3.05, 3.63) is 0 Å². The van der Waals surface area contributed by atoms with Crippen LogP contribution in [-0.4, -0.2) is 47.8 Å². The molecule has 1 saturated heterocycles. The summed E-state index contributed by atoms with van der Waals surface area (Å²) in [5.74, 6) is 1.52. The molecule has 0 aliphatic carbocycles. The van der Waals surface area contributed by atoms with E-state index in [4.69, 9.17) is 0 Å². The number of aliphatic hydroxyl groups is 1. The molecule has 0 saturated carbocycles. The second-order valence-corrected chi connectivity index (χ2v) is 6.18. The van der Waals surface area contributed by atoms with Gasteiger partial charge in [-0.2, -0.15) is 0 Å². The standard InChI is InChI=1S/C13H28N2O/c1-10(2)14-8-13(5,16)9-15-6-11(3)12(4)7-15/h10-12,14,16H,6-9H2,1-5H3. The second kappa shape index (κ2) is 5.48. The van der Waals surface area contributed by atoms with Crippen molar-refractivity contribution in [2.24, 2.45) is 11.8 Å². The minimum absolute atomic E-state index is 0.433. The van der Waals surface area contributed by atoms with E-state index in [0.29, 0.717) is 12.6 Å². The van der Waals surface area contributed by atoms with Crippen LogP contribution in [-0.2, 0) is 0 Å². The molecule has 3 heteroatoms. The fourth-order valence-electron chi connectivity index (χ4n) is 2.34. The van der Waals surface area contributed by atoms with Crippen LogP contribution in [0.5, 0.6) is 0 Å². The normalized spacial score (nSPS) is 30.9. The highest BCUT2D eigenvalue weighted by Gasteiger charge is 2.31. The maximum Gasteiger partial charge on any atom is 0.0869 e. The Morgan fingerprint density at radius 3 is 2.25 bits per heavy atom. The first-order chi connectivity index (χ1) is 7.30. The average molecular weight is 228 g/mol. The Balaban J connectivity index is 2.35. The first kappa shape index (κ1) is 13.9. The zero-order valence-corrected chi connectivity index (χ0v) is 11.5. The summed E-state index contributed by atoms with van der Waals surface area (Å²) >= 11 is 0. The quantitative estimate of drug-likeness (QED) is 0.745. The first-order valence-electron chi connectivity index (χ1n) is 6.48. The van der Waals surface area contributed by atoms with E-state index in [9.17, 15) is 5.11 Å². The molecular weight excluding hydrogens is 200 g/mol. The predicted molar refractivity (Wildman–Crippen MR) is 68.5 cm³/mol. The van der Waals surface area contributed by atoms with E-state index in [1.165, 1.54) is 0 Å². The smallest absolute Gasteiger partial charge is 0.0869 e. The van der Waals surface area contributed by atoms with Crippen LogP contribution in [0.2, 0.25) is 0 Å². The van der Waals surface area contributed by atoms with E-state index in [1.807, 2.05) is 6.92 Å². The van der Waals surface area contributed by atoms with Gasteiger partial charge in [-0.15, -0.1) is 0 Å². The lowest BCUT2D eigenvalue weighted by atomic mass is 10.0. The van der Waals surface area contributed by atoms with Gasteiger partial charge >= 0.3 is 0 Å². The van der Waals surface area contributed by atoms with Crippen molar-refractivity contribution in [2.75, 3.05) is 26.2 Å². The molecular formula is C13H28N2O. The third-order valence-corrected chi connectivity index (χ3v) is 3.52. The van der Waals surface area contributed by atoms with Crippen LogP contribution < -0.4 is 5.32 Å². The second-order valence-electron chi connectivity index (χ2n) is 6.18. The van der Waals surface area contributed by atoms with Gasteiger partial charge in [0, 0.05) is 32.2 Å². The zero-order chi connectivity index (χ0) is 12.3. The topological polar surface area (TPSA) is 35.5 Å². The summed E-state index contributed by atoms with van der Waals surface area (Å²) in [6.45, 7) is 14.4. The van der Waals surface area contributed by atoms with Gasteiger partial charge in [-0.1, -0.05) is 27.7 Å². The van der Waals surface area contributed by atoms with Crippen molar-refractivity contribution in [1.29, 1.82) is 0 Å². The van der Waals surface area contributed by atoms with Crippen molar-refractivity contribution in [3.63, 3.8) is 0 Å². The van der Waals surface area contributed by atoms with Gasteiger partial charge in [0.15, 0.2) is 0 Å². The van der Waals surface area contributed by atoms with Crippen LogP contribution in [0, 0.1) is 11.8 Å². The minimum atomic E-state index is -0.617. The predicted octanol–water partition coefficient (Wildman–Crippen LogP) is 1.32. The Hall–Kier alpha value is -0.120. The van der Waals surface area contributed by atoms with Gasteiger partial charge in [0.1, 0.15) is 0 Å². The summed E-state index contributed by atoms with van der Waals surface area (Å²) in [5.41, 5.74) is -0.617. The van der Waals surface area contributed by atoms with E-state index in [1.54, 1.807) is 0 Å². The molecule has 1 aliphatic heterocycles. The number of likely N-dealkylation sites (tertiary alicyclic amines) is 1. The Kier molecular flexibility index (Phi) is 4.77. The van der Waals surface area contributed by atoms with E-state index >= 15 is 0 Å². The molecule has 3 nitrogen and oxygen atoms in total. The average Bonchev–Trinajstić information content (AvgIpc) is 2.42. The number of hydrogen-bond acceptors (Lipinski definition) is 3. The Morgan fingerprint density at radius 2 is 1.81 bits per heavy atom. The lowest BCUT2D eigenvalue weighted by Crippen LogP contribution is -2.48. The van der Waals surface area contributed by atoms with Gasteiger partial charge in [0.25, 0.3) is 0 Å². The summed E-state index contributed by atoms with van der Waals surface area (Å²) in [6.07, 6.45) is 0. The Labute approximate surface area is 100 Å². The fourth-order valence-corrected chi connectivity index (χ4v) is 2.34. The van der Waals surface area contributed by atoms with Crippen LogP contribution in [0.15, 0.2) is 0 Å². The Bertz CT molecular complexity index is 206. The molecule has 0 aromatic carbocycles. The lowest BCUT2D eigenvalue weighted by molar-refractivity contribution is 0.0239. The number of rotatable bonds is 5. The van der Waals surface area contributed by atoms with Crippen molar-refractivity contribution >= 4 is 0 Å². The van der Waals surface area contributed by atoms with Crippen molar-refractivity contribution in [3.8, 4) is 0 Å². The number of nitrogens with one attached hydrogen (secondary N) is 1. The maximum atomic E-state index is 10.3. The molecule has 0 amide bonds. The summed E-state index contributed by atoms with van der Waals surface area (Å²) in [7, 11) is 0. The van der Waals surface area contributed by atoms with Gasteiger partial charge in [-0.05, 0) is 18.8 Å². The molecule has 3 atom stereocenters. The van der Waals surface area contributed by atoms with Crippen LogP contribution in [0.25, 0.3) is 0 Å². The van der Waals surface area contributed by atoms with Crippen molar-refractivity contribution in [2.45, 2.75) is 46.3 Å². The summed E-state index contributed by atoms with van der Waals surface area (Å²) < 4.78 is 0. The summed E-state index contributed by atoms with van der Waals surface area (Å²) in [5, 5.41) is 13.6. The number of hydrogen-bond donors (Lipinski definition) is 2. The highest BCUT2D eigenvalue weighted by atomic mass is 16.3. The zero-order valence-electron chi connectivity index (χ0n) is 11.5. The molecule has 1 aliphatic rings. The van der Waals surface area contributed by atoms with Crippen LogP contribution in [0.4, 0.5) is 0 Å². The van der Waals surface area contributed by atoms with E-state index in [-0.39, 0.29) is 0 Å². The molecule has 0 aromatic rings. The molecule has 0 spiro atoms. The molecule has 2 N–H and O–H groups in total. The van der Waals surface area contributed by atoms with Gasteiger partial charge in [-0.25, -0.2) is 0 Å². The van der Waals surface area contributed by atoms with Crippen LogP contribution in [0.3, 0.4) is 0 Å². The van der Waals surface area contributed by atoms with Crippen molar-refractivity contribution in [1.82, 2.24) is 10.2 Å². The van der Waals surface area contributed by atoms with E-state index < -0.39 is 5.60 Å². The molecule has 1 rings (SSSR count). The molecule has 96 valence electrons. The molecule has 1 heterocycles. The Morgan fingerprint density at radius 1 is 1.31 bits per heavy atom. The SMILES string of the molecule is CC(C)NCC(C)(O)CN1CC(C)C(C)C1. The van der Waals surface area contributed by atoms with Gasteiger partial charge in [0.2, 0.25) is 0 Å². The van der Waals surface area contributed by atoms with Gasteiger partial charge < -0.3 is 10.4 Å². The first-order valence-corrected chi connectivity index (χ1v) is 6.48. The molecule has 3 unspecified atom stereocenters. The van der Waals surface area contributed by atoms with Gasteiger partial charge in [-0.3, -0.25) is 4.90 Å². The molecule has 0 radical (unpaired) electrons. The van der Waals surface area contributed by atoms with Crippen LogP contribution >= 0.6 is 0 Å². The third-order valence-electron chi connectivity index (χ3n) is 3.52. The van der Waals surface area contributed by atoms with Crippen LogP contribution in [0.1, 0.15) is 34.6 Å². The third kappa shape index (κ3) is 4.40. The number of β-amino-alcohol motifs (C(OH)–C–C–N with tert-alkyl or cyclic N) is 1. The molecule has 1 fully saturated rings. The monoisotopic (exact) mass is 228 g/mol. The molecule has 0 aromatic heterocycles. The van der Waals surface area contributed by atoms with E-state index in [2.05, 4.69) is 37.9 Å². The molecule has 16 heavy (non-hydrogen) atoms. The lowest BCUT2D eigenvalue weighted by Gasteiger charge is -2.30. The fraction of sp³-hybridized carbons (Fsp3) is 1.00. The van der Waals surface area contributed by atoms with Crippen molar-refractivity contribution < 1.29 is 5.11 Å². The highest BCUT2D eigenvalue weighted by Crippen LogP contribution is 2.23.